The topological polar surface area (TPSA) is 9.23 Å². The fraction of sp³-hybridized carbons (Fsp3) is 0.455. The third-order valence-corrected chi connectivity index (χ3v) is 5.18. The lowest BCUT2D eigenvalue weighted by atomic mass is 9.80. The second kappa shape index (κ2) is 7.68. The van der Waals surface area contributed by atoms with Crippen molar-refractivity contribution in [2.75, 3.05) is 7.11 Å². The van der Waals surface area contributed by atoms with Crippen molar-refractivity contribution in [3.63, 3.8) is 0 Å². The average Bonchev–Trinajstić information content (AvgIpc) is 2.61. The molecule has 0 fully saturated rings. The van der Waals surface area contributed by atoms with Gasteiger partial charge < -0.3 is 4.74 Å². The Morgan fingerprint density at radius 3 is 2.48 bits per heavy atom. The Morgan fingerprint density at radius 1 is 0.957 bits per heavy atom. The molecule has 1 heteroatoms. The summed E-state index contributed by atoms with van der Waals surface area (Å²) in [5, 5.41) is 0. The largest absolute Gasteiger partial charge is 0.497 e. The summed E-state index contributed by atoms with van der Waals surface area (Å²) in [4.78, 5) is 0. The van der Waals surface area contributed by atoms with Crippen molar-refractivity contribution in [1.29, 1.82) is 0 Å². The van der Waals surface area contributed by atoms with Crippen LogP contribution in [0.3, 0.4) is 0 Å². The zero-order valence-electron chi connectivity index (χ0n) is 14.5. The molecule has 0 bridgehead atoms. The molecule has 0 saturated carbocycles. The van der Waals surface area contributed by atoms with Crippen molar-refractivity contribution in [1.82, 2.24) is 0 Å². The molecule has 0 heterocycles. The van der Waals surface area contributed by atoms with Crippen LogP contribution in [0.4, 0.5) is 0 Å². The Balaban J connectivity index is 1.71. The standard InChI is InChI=1S/C22H28O/c1-3-4-5-6-17-7-8-21-16-20(10-9-19(21)15-17)18-11-13-22(23-2)14-12-18/h9-14,16-17H,3-8,15H2,1-2H3. The summed E-state index contributed by atoms with van der Waals surface area (Å²) < 4.78 is 5.25. The third-order valence-electron chi connectivity index (χ3n) is 5.18. The van der Waals surface area contributed by atoms with Crippen LogP contribution in [0.2, 0.25) is 0 Å². The molecule has 0 aliphatic heterocycles. The third kappa shape index (κ3) is 3.96. The first-order valence-electron chi connectivity index (χ1n) is 9.06. The van der Waals surface area contributed by atoms with E-state index in [-0.39, 0.29) is 0 Å². The maximum atomic E-state index is 5.25. The smallest absolute Gasteiger partial charge is 0.118 e. The Kier molecular flexibility index (Phi) is 5.38. The van der Waals surface area contributed by atoms with Crippen LogP contribution >= 0.6 is 0 Å². The highest BCUT2D eigenvalue weighted by Gasteiger charge is 2.18. The van der Waals surface area contributed by atoms with Crippen LogP contribution in [-0.4, -0.2) is 7.11 Å². The summed E-state index contributed by atoms with van der Waals surface area (Å²) >= 11 is 0. The zero-order valence-corrected chi connectivity index (χ0v) is 14.5. The van der Waals surface area contributed by atoms with Crippen LogP contribution in [0.5, 0.6) is 5.75 Å². The van der Waals surface area contributed by atoms with E-state index in [9.17, 15) is 0 Å². The van der Waals surface area contributed by atoms with Crippen LogP contribution in [-0.2, 0) is 12.8 Å². The van der Waals surface area contributed by atoms with E-state index in [0.29, 0.717) is 0 Å². The van der Waals surface area contributed by atoms with Crippen LogP contribution in [0, 0.1) is 5.92 Å². The Bertz CT molecular complexity index is 627. The number of unbranched alkanes of at least 4 members (excludes halogenated alkanes) is 2. The number of aryl methyl sites for hydroxylation is 1. The first-order chi connectivity index (χ1) is 11.3. The molecule has 3 rings (SSSR count). The highest BCUT2D eigenvalue weighted by Crippen LogP contribution is 2.32. The van der Waals surface area contributed by atoms with Crippen LogP contribution < -0.4 is 4.74 Å². The summed E-state index contributed by atoms with van der Waals surface area (Å²) in [6, 6.07) is 15.4. The number of fused-ring (bicyclic) bond motifs is 1. The van der Waals surface area contributed by atoms with Gasteiger partial charge in [-0.25, -0.2) is 0 Å². The van der Waals surface area contributed by atoms with Gasteiger partial charge in [-0.3, -0.25) is 0 Å². The Labute approximate surface area is 140 Å². The van der Waals surface area contributed by atoms with Gasteiger partial charge in [-0.05, 0) is 59.6 Å². The maximum absolute atomic E-state index is 5.25. The van der Waals surface area contributed by atoms with Gasteiger partial charge in [-0.1, -0.05) is 62.9 Å². The second-order valence-corrected chi connectivity index (χ2v) is 6.82. The minimum atomic E-state index is 0.904. The van der Waals surface area contributed by atoms with Crippen LogP contribution in [0.15, 0.2) is 42.5 Å². The first kappa shape index (κ1) is 16.1. The van der Waals surface area contributed by atoms with Gasteiger partial charge in [0.2, 0.25) is 0 Å². The normalized spacial score (nSPS) is 16.9. The van der Waals surface area contributed by atoms with E-state index in [1.807, 2.05) is 12.1 Å². The molecule has 0 N–H and O–H groups in total. The maximum Gasteiger partial charge on any atom is 0.118 e. The molecule has 2 aromatic carbocycles. The highest BCUT2D eigenvalue weighted by atomic mass is 16.5. The monoisotopic (exact) mass is 308 g/mol. The zero-order chi connectivity index (χ0) is 16.1. The molecule has 1 aliphatic rings. The molecule has 0 amide bonds. The van der Waals surface area contributed by atoms with Crippen molar-refractivity contribution in [3.05, 3.63) is 53.6 Å². The van der Waals surface area contributed by atoms with Crippen LogP contribution in [0.25, 0.3) is 11.1 Å². The molecule has 0 spiro atoms. The molecule has 2 aromatic rings. The van der Waals surface area contributed by atoms with E-state index in [4.69, 9.17) is 4.74 Å². The van der Waals surface area contributed by atoms with E-state index in [2.05, 4.69) is 37.3 Å². The van der Waals surface area contributed by atoms with Gasteiger partial charge in [-0.15, -0.1) is 0 Å². The lowest BCUT2D eigenvalue weighted by Crippen LogP contribution is -2.14. The van der Waals surface area contributed by atoms with E-state index in [0.717, 1.165) is 11.7 Å². The quantitative estimate of drug-likeness (QED) is 0.590. The fourth-order valence-electron chi connectivity index (χ4n) is 3.72. The van der Waals surface area contributed by atoms with Crippen molar-refractivity contribution >= 4 is 0 Å². The average molecular weight is 308 g/mol. The SMILES string of the molecule is CCCCCC1CCc2cc(-c3ccc(OC)cc3)ccc2C1. The lowest BCUT2D eigenvalue weighted by Gasteiger charge is -2.25. The van der Waals surface area contributed by atoms with Crippen molar-refractivity contribution in [2.24, 2.45) is 5.92 Å². The molecule has 0 radical (unpaired) electrons. The van der Waals surface area contributed by atoms with E-state index in [1.165, 1.54) is 56.1 Å². The summed E-state index contributed by atoms with van der Waals surface area (Å²) in [5.41, 5.74) is 5.74. The fourth-order valence-corrected chi connectivity index (χ4v) is 3.72. The van der Waals surface area contributed by atoms with Gasteiger partial charge in [0.25, 0.3) is 0 Å². The summed E-state index contributed by atoms with van der Waals surface area (Å²) in [7, 11) is 1.71. The van der Waals surface area contributed by atoms with E-state index in [1.54, 1.807) is 18.2 Å². The van der Waals surface area contributed by atoms with Crippen molar-refractivity contribution in [2.45, 2.75) is 51.9 Å². The number of hydrogen-bond acceptors (Lipinski definition) is 1. The van der Waals surface area contributed by atoms with Gasteiger partial charge in [0.05, 0.1) is 7.11 Å². The molecule has 1 nitrogen and oxygen atoms in total. The predicted octanol–water partition coefficient (Wildman–Crippen LogP) is 6.05. The summed E-state index contributed by atoms with van der Waals surface area (Å²) in [6.07, 6.45) is 9.42. The Morgan fingerprint density at radius 2 is 1.74 bits per heavy atom. The Hall–Kier alpha value is -1.76. The summed E-state index contributed by atoms with van der Waals surface area (Å²) in [5.74, 6) is 1.82. The molecular weight excluding hydrogens is 280 g/mol. The predicted molar refractivity (Wildman–Crippen MR) is 98.1 cm³/mol. The minimum absolute atomic E-state index is 0.904. The van der Waals surface area contributed by atoms with Gasteiger partial charge >= 0.3 is 0 Å². The van der Waals surface area contributed by atoms with Crippen LogP contribution in [0.1, 0.15) is 50.2 Å². The molecule has 1 unspecified atom stereocenters. The van der Waals surface area contributed by atoms with Gasteiger partial charge in [0.15, 0.2) is 0 Å². The molecule has 0 aromatic heterocycles. The molecular formula is C22H28O. The molecule has 0 saturated heterocycles. The lowest BCUT2D eigenvalue weighted by molar-refractivity contribution is 0.408. The first-order valence-corrected chi connectivity index (χ1v) is 9.06. The molecule has 23 heavy (non-hydrogen) atoms. The van der Waals surface area contributed by atoms with Crippen molar-refractivity contribution < 1.29 is 4.74 Å². The molecule has 1 atom stereocenters. The number of methoxy groups -OCH3 is 1. The van der Waals surface area contributed by atoms with Crippen molar-refractivity contribution in [3.8, 4) is 16.9 Å². The van der Waals surface area contributed by atoms with Gasteiger partial charge in [0, 0.05) is 0 Å². The number of hydrogen-bond donors (Lipinski definition) is 0. The number of rotatable bonds is 6. The number of benzene rings is 2. The molecule has 1 aliphatic carbocycles. The minimum Gasteiger partial charge on any atom is -0.497 e. The molecule has 122 valence electrons. The van der Waals surface area contributed by atoms with E-state index >= 15 is 0 Å². The number of ether oxygens (including phenoxy) is 1. The van der Waals surface area contributed by atoms with E-state index < -0.39 is 0 Å². The second-order valence-electron chi connectivity index (χ2n) is 6.82. The van der Waals surface area contributed by atoms with Gasteiger partial charge in [0.1, 0.15) is 5.75 Å². The summed E-state index contributed by atoms with van der Waals surface area (Å²) in [6.45, 7) is 2.29. The van der Waals surface area contributed by atoms with Gasteiger partial charge in [-0.2, -0.15) is 0 Å². The highest BCUT2D eigenvalue weighted by molar-refractivity contribution is 5.65.